The predicted octanol–water partition coefficient (Wildman–Crippen LogP) is 3.26. The Labute approximate surface area is 155 Å². The number of nitrogens with one attached hydrogen (secondary N) is 1. The molecule has 1 heterocycles. The van der Waals surface area contributed by atoms with Gasteiger partial charge in [0.2, 0.25) is 11.8 Å². The minimum Gasteiger partial charge on any atom is -0.354 e. The average Bonchev–Trinajstić information content (AvgIpc) is 3.06. The third kappa shape index (κ3) is 4.51. The lowest BCUT2D eigenvalue weighted by atomic mass is 9.86. The highest BCUT2D eigenvalue weighted by molar-refractivity contribution is 5.79. The molecule has 2 aromatic carbocycles. The lowest BCUT2D eigenvalue weighted by molar-refractivity contribution is -0.128. The largest absolute Gasteiger partial charge is 0.354 e. The zero-order valence-corrected chi connectivity index (χ0v) is 15.3. The van der Waals surface area contributed by atoms with Crippen LogP contribution in [0.15, 0.2) is 54.6 Å². The summed E-state index contributed by atoms with van der Waals surface area (Å²) < 4.78 is 0. The number of benzene rings is 2. The first-order chi connectivity index (χ1) is 12.6. The summed E-state index contributed by atoms with van der Waals surface area (Å²) in [4.78, 5) is 26.0. The lowest BCUT2D eigenvalue weighted by Crippen LogP contribution is -2.36. The first-order valence-corrected chi connectivity index (χ1v) is 9.30. The van der Waals surface area contributed by atoms with Crippen LogP contribution in [0.1, 0.15) is 41.9 Å². The first kappa shape index (κ1) is 18.2. The molecule has 0 bridgehead atoms. The van der Waals surface area contributed by atoms with Crippen molar-refractivity contribution in [2.24, 2.45) is 0 Å². The second-order valence-electron chi connectivity index (χ2n) is 6.86. The number of likely N-dealkylation sites (tertiary alicyclic amines) is 1. The molecule has 1 fully saturated rings. The van der Waals surface area contributed by atoms with Crippen LogP contribution in [0.2, 0.25) is 0 Å². The summed E-state index contributed by atoms with van der Waals surface area (Å²) in [6.07, 6.45) is 1.97. The monoisotopic (exact) mass is 350 g/mol. The normalized spacial score (nSPS) is 15.1. The maximum atomic E-state index is 12.6. The molecule has 1 unspecified atom stereocenters. The van der Waals surface area contributed by atoms with Crippen molar-refractivity contribution in [3.8, 4) is 0 Å². The van der Waals surface area contributed by atoms with Crippen molar-refractivity contribution >= 4 is 11.8 Å². The molecule has 1 saturated heterocycles. The number of rotatable bonds is 7. The van der Waals surface area contributed by atoms with E-state index in [1.165, 1.54) is 11.1 Å². The Balaban J connectivity index is 1.65. The van der Waals surface area contributed by atoms with Crippen molar-refractivity contribution in [1.82, 2.24) is 10.2 Å². The van der Waals surface area contributed by atoms with Gasteiger partial charge in [0.15, 0.2) is 0 Å². The highest BCUT2D eigenvalue weighted by Gasteiger charge is 2.21. The van der Waals surface area contributed by atoms with E-state index in [9.17, 15) is 9.59 Å². The van der Waals surface area contributed by atoms with E-state index < -0.39 is 0 Å². The third-order valence-corrected chi connectivity index (χ3v) is 5.03. The maximum Gasteiger partial charge on any atom is 0.222 e. The van der Waals surface area contributed by atoms with E-state index in [1.54, 1.807) is 0 Å². The molecule has 1 atom stereocenters. The molecule has 136 valence electrons. The highest BCUT2D eigenvalue weighted by atomic mass is 16.2. The van der Waals surface area contributed by atoms with Crippen LogP contribution in [-0.2, 0) is 9.59 Å². The second-order valence-corrected chi connectivity index (χ2v) is 6.86. The van der Waals surface area contributed by atoms with Gasteiger partial charge in [-0.15, -0.1) is 0 Å². The SMILES string of the molecule is Cc1ccccc1C(CC(=O)NCCN1CCCC1=O)c1ccccc1. The van der Waals surface area contributed by atoms with Gasteiger partial charge >= 0.3 is 0 Å². The minimum absolute atomic E-state index is 0.0220. The number of hydrogen-bond donors (Lipinski definition) is 1. The number of carbonyl (C=O) groups is 2. The van der Waals surface area contributed by atoms with E-state index in [-0.39, 0.29) is 17.7 Å². The molecule has 2 aromatic rings. The summed E-state index contributed by atoms with van der Waals surface area (Å²) in [6, 6.07) is 18.4. The molecule has 2 amide bonds. The summed E-state index contributed by atoms with van der Waals surface area (Å²) in [7, 11) is 0. The molecule has 0 radical (unpaired) electrons. The van der Waals surface area contributed by atoms with Gasteiger partial charge in [-0.1, -0.05) is 54.6 Å². The highest BCUT2D eigenvalue weighted by Crippen LogP contribution is 2.30. The molecule has 0 spiro atoms. The number of hydrogen-bond acceptors (Lipinski definition) is 2. The van der Waals surface area contributed by atoms with Gasteiger partial charge in [0.25, 0.3) is 0 Å². The van der Waals surface area contributed by atoms with E-state index in [0.29, 0.717) is 25.9 Å². The van der Waals surface area contributed by atoms with Gasteiger partial charge in [0.1, 0.15) is 0 Å². The van der Waals surface area contributed by atoms with Gasteiger partial charge in [0.05, 0.1) is 0 Å². The van der Waals surface area contributed by atoms with Gasteiger partial charge < -0.3 is 10.2 Å². The number of nitrogens with zero attached hydrogens (tertiary/aromatic N) is 1. The van der Waals surface area contributed by atoms with E-state index in [0.717, 1.165) is 18.5 Å². The molecule has 0 aromatic heterocycles. The smallest absolute Gasteiger partial charge is 0.222 e. The standard InChI is InChI=1S/C22H26N2O2/c1-17-8-5-6-11-19(17)20(18-9-3-2-4-10-18)16-21(25)23-13-15-24-14-7-12-22(24)26/h2-6,8-11,20H,7,12-16H2,1H3,(H,23,25). The van der Waals surface area contributed by atoms with Gasteiger partial charge in [-0.2, -0.15) is 0 Å². The predicted molar refractivity (Wildman–Crippen MR) is 103 cm³/mol. The Kier molecular flexibility index (Phi) is 6.05. The average molecular weight is 350 g/mol. The minimum atomic E-state index is 0.0220. The topological polar surface area (TPSA) is 49.4 Å². The number of aryl methyl sites for hydroxylation is 1. The molecule has 1 aliphatic rings. The van der Waals surface area contributed by atoms with Gasteiger partial charge in [-0.25, -0.2) is 0 Å². The maximum absolute atomic E-state index is 12.6. The fraction of sp³-hybridized carbons (Fsp3) is 0.364. The summed E-state index contributed by atoms with van der Waals surface area (Å²) in [6.45, 7) is 4.01. The first-order valence-electron chi connectivity index (χ1n) is 9.30. The van der Waals surface area contributed by atoms with Crippen LogP contribution in [-0.4, -0.2) is 36.3 Å². The van der Waals surface area contributed by atoms with Crippen molar-refractivity contribution in [2.45, 2.75) is 32.1 Å². The Bertz CT molecular complexity index is 758. The number of amides is 2. The van der Waals surface area contributed by atoms with E-state index in [1.807, 2.05) is 35.2 Å². The quantitative estimate of drug-likeness (QED) is 0.833. The van der Waals surface area contributed by atoms with E-state index in [2.05, 4.69) is 36.5 Å². The molecule has 1 N–H and O–H groups in total. The van der Waals surface area contributed by atoms with Crippen molar-refractivity contribution in [2.75, 3.05) is 19.6 Å². The van der Waals surface area contributed by atoms with Crippen LogP contribution in [0.25, 0.3) is 0 Å². The van der Waals surface area contributed by atoms with Crippen molar-refractivity contribution in [3.05, 3.63) is 71.3 Å². The van der Waals surface area contributed by atoms with Gasteiger partial charge in [-0.3, -0.25) is 9.59 Å². The fourth-order valence-electron chi connectivity index (χ4n) is 3.60. The molecule has 0 saturated carbocycles. The summed E-state index contributed by atoms with van der Waals surface area (Å²) in [5.41, 5.74) is 3.52. The summed E-state index contributed by atoms with van der Waals surface area (Å²) in [5.74, 6) is 0.251. The molecule has 0 aliphatic carbocycles. The van der Waals surface area contributed by atoms with Crippen LogP contribution in [0.4, 0.5) is 0 Å². The molecular formula is C22H26N2O2. The van der Waals surface area contributed by atoms with Crippen LogP contribution >= 0.6 is 0 Å². The Morgan fingerprint density at radius 3 is 2.54 bits per heavy atom. The molecule has 4 nitrogen and oxygen atoms in total. The molecule has 3 rings (SSSR count). The van der Waals surface area contributed by atoms with Crippen LogP contribution in [0.3, 0.4) is 0 Å². The molecule has 1 aliphatic heterocycles. The zero-order valence-electron chi connectivity index (χ0n) is 15.3. The van der Waals surface area contributed by atoms with Gasteiger partial charge in [-0.05, 0) is 30.0 Å². The van der Waals surface area contributed by atoms with Crippen LogP contribution < -0.4 is 5.32 Å². The molecule has 26 heavy (non-hydrogen) atoms. The van der Waals surface area contributed by atoms with Crippen molar-refractivity contribution in [1.29, 1.82) is 0 Å². The summed E-state index contributed by atoms with van der Waals surface area (Å²) >= 11 is 0. The van der Waals surface area contributed by atoms with Gasteiger partial charge in [0, 0.05) is 38.4 Å². The van der Waals surface area contributed by atoms with Crippen molar-refractivity contribution in [3.63, 3.8) is 0 Å². The summed E-state index contributed by atoms with van der Waals surface area (Å²) in [5, 5.41) is 2.99. The molecule has 4 heteroatoms. The Morgan fingerprint density at radius 1 is 1.12 bits per heavy atom. The molecular weight excluding hydrogens is 324 g/mol. The van der Waals surface area contributed by atoms with Crippen molar-refractivity contribution < 1.29 is 9.59 Å². The number of carbonyl (C=O) groups excluding carboxylic acids is 2. The van der Waals surface area contributed by atoms with Crippen LogP contribution in [0, 0.1) is 6.92 Å². The lowest BCUT2D eigenvalue weighted by Gasteiger charge is -2.20. The van der Waals surface area contributed by atoms with Crippen LogP contribution in [0.5, 0.6) is 0 Å². The zero-order chi connectivity index (χ0) is 18.4. The Hall–Kier alpha value is -2.62. The third-order valence-electron chi connectivity index (χ3n) is 5.03. The fourth-order valence-corrected chi connectivity index (χ4v) is 3.60. The van der Waals surface area contributed by atoms with E-state index >= 15 is 0 Å². The van der Waals surface area contributed by atoms with E-state index in [4.69, 9.17) is 0 Å². The second kappa shape index (κ2) is 8.65. The Morgan fingerprint density at radius 2 is 1.85 bits per heavy atom.